The van der Waals surface area contributed by atoms with Gasteiger partial charge in [0.15, 0.2) is 11.5 Å². The standard InChI is InChI=1S/C15H25NO4/c1-6-20-8-7-16-11(2)12-9-13(17-3)15(19-5)14(10-12)18-4/h9-11,16H,6-8H2,1-5H3. The van der Waals surface area contributed by atoms with Crippen molar-refractivity contribution in [2.45, 2.75) is 19.9 Å². The Kier molecular flexibility index (Phi) is 7.18. The summed E-state index contributed by atoms with van der Waals surface area (Å²) in [5, 5.41) is 3.40. The Morgan fingerprint density at radius 3 is 2.10 bits per heavy atom. The molecular weight excluding hydrogens is 258 g/mol. The van der Waals surface area contributed by atoms with Gasteiger partial charge in [-0.1, -0.05) is 0 Å². The van der Waals surface area contributed by atoms with Gasteiger partial charge in [-0.05, 0) is 31.5 Å². The third-order valence-corrected chi connectivity index (χ3v) is 3.09. The summed E-state index contributed by atoms with van der Waals surface area (Å²) in [5.74, 6) is 1.95. The Balaban J connectivity index is 2.83. The summed E-state index contributed by atoms with van der Waals surface area (Å²) in [4.78, 5) is 0. The molecule has 1 atom stereocenters. The average molecular weight is 283 g/mol. The van der Waals surface area contributed by atoms with E-state index in [-0.39, 0.29) is 6.04 Å². The highest BCUT2D eigenvalue weighted by molar-refractivity contribution is 5.54. The van der Waals surface area contributed by atoms with Crippen LogP contribution in [-0.4, -0.2) is 41.1 Å². The zero-order valence-electron chi connectivity index (χ0n) is 13.0. The largest absolute Gasteiger partial charge is 0.493 e. The monoisotopic (exact) mass is 283 g/mol. The van der Waals surface area contributed by atoms with Gasteiger partial charge in [0.2, 0.25) is 5.75 Å². The van der Waals surface area contributed by atoms with E-state index in [1.165, 1.54) is 0 Å². The van der Waals surface area contributed by atoms with Gasteiger partial charge in [-0.3, -0.25) is 0 Å². The Hall–Kier alpha value is -1.46. The number of hydrogen-bond donors (Lipinski definition) is 1. The number of methoxy groups -OCH3 is 3. The van der Waals surface area contributed by atoms with Gasteiger partial charge >= 0.3 is 0 Å². The average Bonchev–Trinajstić information content (AvgIpc) is 2.49. The smallest absolute Gasteiger partial charge is 0.203 e. The van der Waals surface area contributed by atoms with E-state index in [0.717, 1.165) is 18.7 Å². The predicted octanol–water partition coefficient (Wildman–Crippen LogP) is 2.40. The van der Waals surface area contributed by atoms with Crippen molar-refractivity contribution in [2.24, 2.45) is 0 Å². The van der Waals surface area contributed by atoms with Crippen LogP contribution in [0.4, 0.5) is 0 Å². The fraction of sp³-hybridized carbons (Fsp3) is 0.600. The van der Waals surface area contributed by atoms with Crippen LogP contribution in [0, 0.1) is 0 Å². The Bertz CT molecular complexity index is 384. The highest BCUT2D eigenvalue weighted by Gasteiger charge is 2.15. The molecule has 0 spiro atoms. The third kappa shape index (κ3) is 4.28. The summed E-state index contributed by atoms with van der Waals surface area (Å²) in [6.45, 7) is 6.31. The summed E-state index contributed by atoms with van der Waals surface area (Å²) < 4.78 is 21.3. The number of nitrogens with one attached hydrogen (secondary N) is 1. The Labute approximate surface area is 121 Å². The normalized spacial score (nSPS) is 12.1. The lowest BCUT2D eigenvalue weighted by atomic mass is 10.1. The molecule has 0 aliphatic rings. The summed E-state index contributed by atoms with van der Waals surface area (Å²) >= 11 is 0. The number of ether oxygens (including phenoxy) is 4. The van der Waals surface area contributed by atoms with Gasteiger partial charge in [-0.25, -0.2) is 0 Å². The van der Waals surface area contributed by atoms with Crippen LogP contribution in [0.2, 0.25) is 0 Å². The highest BCUT2D eigenvalue weighted by atomic mass is 16.5. The van der Waals surface area contributed by atoms with Crippen molar-refractivity contribution < 1.29 is 18.9 Å². The summed E-state index contributed by atoms with van der Waals surface area (Å²) in [6.07, 6.45) is 0. The van der Waals surface area contributed by atoms with Crippen molar-refractivity contribution in [3.8, 4) is 17.2 Å². The van der Waals surface area contributed by atoms with Gasteiger partial charge in [0.25, 0.3) is 0 Å². The van der Waals surface area contributed by atoms with Crippen LogP contribution >= 0.6 is 0 Å². The van der Waals surface area contributed by atoms with Gasteiger partial charge in [0.1, 0.15) is 0 Å². The van der Waals surface area contributed by atoms with E-state index in [1.54, 1.807) is 21.3 Å². The van der Waals surface area contributed by atoms with Crippen LogP contribution in [0.25, 0.3) is 0 Å². The number of hydrogen-bond acceptors (Lipinski definition) is 5. The molecule has 1 rings (SSSR count). The van der Waals surface area contributed by atoms with E-state index in [2.05, 4.69) is 12.2 Å². The molecule has 0 fully saturated rings. The van der Waals surface area contributed by atoms with Crippen molar-refractivity contribution >= 4 is 0 Å². The second-order valence-corrected chi connectivity index (χ2v) is 4.33. The van der Waals surface area contributed by atoms with Crippen LogP contribution < -0.4 is 19.5 Å². The van der Waals surface area contributed by atoms with Crippen LogP contribution in [-0.2, 0) is 4.74 Å². The molecule has 1 aromatic rings. The van der Waals surface area contributed by atoms with Crippen molar-refractivity contribution in [3.63, 3.8) is 0 Å². The van der Waals surface area contributed by atoms with Crippen molar-refractivity contribution in [2.75, 3.05) is 41.1 Å². The zero-order chi connectivity index (χ0) is 15.0. The molecule has 1 N–H and O–H groups in total. The van der Waals surface area contributed by atoms with Crippen molar-refractivity contribution in [3.05, 3.63) is 17.7 Å². The van der Waals surface area contributed by atoms with Gasteiger partial charge in [0.05, 0.1) is 27.9 Å². The van der Waals surface area contributed by atoms with E-state index < -0.39 is 0 Å². The number of rotatable bonds is 9. The maximum Gasteiger partial charge on any atom is 0.203 e. The maximum absolute atomic E-state index is 5.36. The maximum atomic E-state index is 5.36. The molecule has 0 aromatic heterocycles. The lowest BCUT2D eigenvalue weighted by Gasteiger charge is -2.18. The predicted molar refractivity (Wildman–Crippen MR) is 79.0 cm³/mol. The molecule has 1 unspecified atom stereocenters. The second kappa shape index (κ2) is 8.66. The molecule has 0 amide bonds. The molecule has 0 heterocycles. The van der Waals surface area contributed by atoms with Crippen molar-refractivity contribution in [1.82, 2.24) is 5.32 Å². The van der Waals surface area contributed by atoms with Gasteiger partial charge < -0.3 is 24.3 Å². The van der Waals surface area contributed by atoms with Crippen LogP contribution in [0.3, 0.4) is 0 Å². The quantitative estimate of drug-likeness (QED) is 0.705. The number of benzene rings is 1. The first-order chi connectivity index (χ1) is 9.67. The van der Waals surface area contributed by atoms with E-state index in [9.17, 15) is 0 Å². The lowest BCUT2D eigenvalue weighted by Crippen LogP contribution is -2.23. The molecule has 0 radical (unpaired) electrons. The second-order valence-electron chi connectivity index (χ2n) is 4.33. The van der Waals surface area contributed by atoms with Gasteiger partial charge in [0, 0.05) is 19.2 Å². The zero-order valence-corrected chi connectivity index (χ0v) is 13.0. The van der Waals surface area contributed by atoms with Crippen LogP contribution in [0.5, 0.6) is 17.2 Å². The molecule has 5 heteroatoms. The summed E-state index contributed by atoms with van der Waals surface area (Å²) in [5.41, 5.74) is 1.08. The van der Waals surface area contributed by atoms with Gasteiger partial charge in [-0.15, -0.1) is 0 Å². The topological polar surface area (TPSA) is 49.0 Å². The summed E-state index contributed by atoms with van der Waals surface area (Å²) in [7, 11) is 4.84. The first kappa shape index (κ1) is 16.6. The molecule has 0 aliphatic carbocycles. The first-order valence-electron chi connectivity index (χ1n) is 6.78. The van der Waals surface area contributed by atoms with E-state index >= 15 is 0 Å². The molecule has 0 aliphatic heterocycles. The molecule has 5 nitrogen and oxygen atoms in total. The van der Waals surface area contributed by atoms with Crippen LogP contribution in [0.1, 0.15) is 25.5 Å². The fourth-order valence-electron chi connectivity index (χ4n) is 1.96. The molecule has 0 bridgehead atoms. The SMILES string of the molecule is CCOCCNC(C)c1cc(OC)c(OC)c(OC)c1. The van der Waals surface area contributed by atoms with E-state index in [4.69, 9.17) is 18.9 Å². The highest BCUT2D eigenvalue weighted by Crippen LogP contribution is 2.39. The molecule has 114 valence electrons. The van der Waals surface area contributed by atoms with Crippen molar-refractivity contribution in [1.29, 1.82) is 0 Å². The molecule has 0 saturated carbocycles. The molecule has 1 aromatic carbocycles. The fourth-order valence-corrected chi connectivity index (χ4v) is 1.96. The van der Waals surface area contributed by atoms with E-state index in [0.29, 0.717) is 23.9 Å². The lowest BCUT2D eigenvalue weighted by molar-refractivity contribution is 0.147. The molecule has 20 heavy (non-hydrogen) atoms. The third-order valence-electron chi connectivity index (χ3n) is 3.09. The summed E-state index contributed by atoms with van der Waals surface area (Å²) in [6, 6.07) is 4.09. The Morgan fingerprint density at radius 2 is 1.65 bits per heavy atom. The van der Waals surface area contributed by atoms with Gasteiger partial charge in [-0.2, -0.15) is 0 Å². The molecular formula is C15H25NO4. The molecule has 0 saturated heterocycles. The van der Waals surface area contributed by atoms with E-state index in [1.807, 2.05) is 19.1 Å². The first-order valence-corrected chi connectivity index (χ1v) is 6.78. The minimum Gasteiger partial charge on any atom is -0.493 e. The van der Waals surface area contributed by atoms with Crippen LogP contribution in [0.15, 0.2) is 12.1 Å². The Morgan fingerprint density at radius 1 is 1.05 bits per heavy atom. The minimum absolute atomic E-state index is 0.171. The minimum atomic E-state index is 0.171.